The maximum absolute atomic E-state index is 12.0. The Morgan fingerprint density at radius 2 is 2.00 bits per heavy atom. The van der Waals surface area contributed by atoms with Crippen LogP contribution in [0.3, 0.4) is 0 Å². The molecular weight excluding hydrogens is 226 g/mol. The van der Waals surface area contributed by atoms with E-state index in [0.717, 1.165) is 43.0 Å². The van der Waals surface area contributed by atoms with E-state index in [0.29, 0.717) is 12.3 Å². The molecule has 1 aromatic heterocycles. The second-order valence-electron chi connectivity index (χ2n) is 5.64. The number of nitrogens with zero attached hydrogens (tertiary/aromatic N) is 3. The van der Waals surface area contributed by atoms with Crippen molar-refractivity contribution in [2.24, 2.45) is 5.92 Å². The zero-order valence-electron chi connectivity index (χ0n) is 11.9. The van der Waals surface area contributed by atoms with E-state index in [1.807, 2.05) is 16.5 Å². The lowest BCUT2D eigenvalue weighted by Gasteiger charge is -2.31. The number of rotatable bonds is 4. The second-order valence-corrected chi connectivity index (χ2v) is 5.64. The van der Waals surface area contributed by atoms with Gasteiger partial charge in [0.15, 0.2) is 0 Å². The molecule has 0 saturated carbocycles. The highest BCUT2D eigenvalue weighted by molar-refractivity contribution is 5.79. The van der Waals surface area contributed by atoms with Crippen LogP contribution >= 0.6 is 0 Å². The van der Waals surface area contributed by atoms with Gasteiger partial charge in [-0.2, -0.15) is 5.10 Å². The van der Waals surface area contributed by atoms with Crippen LogP contribution in [0.2, 0.25) is 0 Å². The van der Waals surface area contributed by atoms with Gasteiger partial charge >= 0.3 is 0 Å². The van der Waals surface area contributed by atoms with Crippen molar-refractivity contribution >= 4 is 5.91 Å². The second kappa shape index (κ2) is 5.12. The minimum atomic E-state index is 0.247. The van der Waals surface area contributed by atoms with Gasteiger partial charge < -0.3 is 4.90 Å². The van der Waals surface area contributed by atoms with Crippen LogP contribution in [-0.2, 0) is 17.8 Å². The van der Waals surface area contributed by atoms with Gasteiger partial charge in [0, 0.05) is 30.9 Å². The number of amides is 1. The molecule has 1 amide bonds. The average Bonchev–Trinajstić information content (AvgIpc) is 2.42. The Hall–Kier alpha value is -1.32. The van der Waals surface area contributed by atoms with E-state index in [1.165, 1.54) is 0 Å². The molecule has 2 heterocycles. The molecule has 1 aliphatic rings. The lowest BCUT2D eigenvalue weighted by molar-refractivity contribution is -0.133. The predicted octanol–water partition coefficient (Wildman–Crippen LogP) is 1.93. The molecule has 0 unspecified atom stereocenters. The van der Waals surface area contributed by atoms with Gasteiger partial charge in [0.05, 0.1) is 12.1 Å². The van der Waals surface area contributed by atoms with E-state index < -0.39 is 0 Å². The molecule has 0 N–H and O–H groups in total. The molecule has 2 rings (SSSR count). The Balaban J connectivity index is 2.12. The minimum absolute atomic E-state index is 0.247. The normalized spacial score (nSPS) is 15.1. The summed E-state index contributed by atoms with van der Waals surface area (Å²) in [5.41, 5.74) is 3.27. The van der Waals surface area contributed by atoms with E-state index in [1.54, 1.807) is 0 Å². The monoisotopic (exact) mass is 249 g/mol. The Bertz CT molecular complexity index is 444. The quantitative estimate of drug-likeness (QED) is 0.818. The third-order valence-corrected chi connectivity index (χ3v) is 3.61. The van der Waals surface area contributed by atoms with Gasteiger partial charge in [-0.25, -0.2) is 0 Å². The predicted molar refractivity (Wildman–Crippen MR) is 71.4 cm³/mol. The van der Waals surface area contributed by atoms with Crippen LogP contribution in [0.4, 0.5) is 0 Å². The molecular formula is C14H23N3O. The van der Waals surface area contributed by atoms with Crippen molar-refractivity contribution in [1.29, 1.82) is 0 Å². The number of carbonyl (C=O) groups excluding carboxylic acids is 1. The molecule has 1 saturated heterocycles. The third-order valence-electron chi connectivity index (χ3n) is 3.61. The van der Waals surface area contributed by atoms with Crippen LogP contribution in [0.15, 0.2) is 0 Å². The lowest BCUT2D eigenvalue weighted by atomic mass is 10.1. The van der Waals surface area contributed by atoms with Crippen LogP contribution in [0.5, 0.6) is 0 Å². The van der Waals surface area contributed by atoms with Gasteiger partial charge in [-0.3, -0.25) is 9.48 Å². The number of aryl methyl sites for hydroxylation is 1. The highest BCUT2D eigenvalue weighted by Gasteiger charge is 2.23. The first-order valence-corrected chi connectivity index (χ1v) is 6.79. The van der Waals surface area contributed by atoms with Crippen molar-refractivity contribution in [2.45, 2.75) is 47.1 Å². The van der Waals surface area contributed by atoms with Crippen LogP contribution < -0.4 is 0 Å². The van der Waals surface area contributed by atoms with Crippen molar-refractivity contribution in [2.75, 3.05) is 13.1 Å². The maximum Gasteiger partial charge on any atom is 0.227 e. The first kappa shape index (κ1) is 13.1. The summed E-state index contributed by atoms with van der Waals surface area (Å²) >= 11 is 0. The van der Waals surface area contributed by atoms with E-state index in [-0.39, 0.29) is 5.91 Å². The molecule has 0 aromatic carbocycles. The minimum Gasteiger partial charge on any atom is -0.342 e. The smallest absolute Gasteiger partial charge is 0.227 e. The van der Waals surface area contributed by atoms with Crippen molar-refractivity contribution in [3.63, 3.8) is 0 Å². The molecule has 1 aromatic rings. The van der Waals surface area contributed by atoms with Gasteiger partial charge in [-0.05, 0) is 26.2 Å². The van der Waals surface area contributed by atoms with Crippen molar-refractivity contribution in [1.82, 2.24) is 14.7 Å². The van der Waals surface area contributed by atoms with Crippen molar-refractivity contribution in [3.8, 4) is 0 Å². The summed E-state index contributed by atoms with van der Waals surface area (Å²) in [5.74, 6) is 0.818. The molecule has 18 heavy (non-hydrogen) atoms. The standard InChI is InChI=1S/C14H23N3O/c1-10(2)9-17-12(4)13(11(3)15-17)8-14(18)16-6-5-7-16/h10H,5-9H2,1-4H3. The molecule has 0 radical (unpaired) electrons. The number of likely N-dealkylation sites (tertiary alicyclic amines) is 1. The summed E-state index contributed by atoms with van der Waals surface area (Å²) < 4.78 is 2.04. The Morgan fingerprint density at radius 1 is 1.33 bits per heavy atom. The van der Waals surface area contributed by atoms with E-state index in [4.69, 9.17) is 0 Å². The summed E-state index contributed by atoms with van der Waals surface area (Å²) in [6, 6.07) is 0. The van der Waals surface area contributed by atoms with Crippen LogP contribution in [0, 0.1) is 19.8 Å². The zero-order valence-corrected chi connectivity index (χ0v) is 11.9. The van der Waals surface area contributed by atoms with Gasteiger partial charge in [0.2, 0.25) is 5.91 Å². The molecule has 100 valence electrons. The number of aromatic nitrogens is 2. The largest absolute Gasteiger partial charge is 0.342 e. The van der Waals surface area contributed by atoms with Gasteiger partial charge in [-0.15, -0.1) is 0 Å². The summed E-state index contributed by atoms with van der Waals surface area (Å²) in [5, 5.41) is 4.55. The Kier molecular flexibility index (Phi) is 3.73. The summed E-state index contributed by atoms with van der Waals surface area (Å²) in [7, 11) is 0. The first-order valence-electron chi connectivity index (χ1n) is 6.79. The number of hydrogen-bond donors (Lipinski definition) is 0. The molecule has 0 atom stereocenters. The van der Waals surface area contributed by atoms with Crippen LogP contribution in [-0.4, -0.2) is 33.7 Å². The molecule has 4 nitrogen and oxygen atoms in total. The summed E-state index contributed by atoms with van der Waals surface area (Å²) in [6.45, 7) is 11.2. The summed E-state index contributed by atoms with van der Waals surface area (Å²) in [6.07, 6.45) is 1.66. The van der Waals surface area contributed by atoms with Crippen molar-refractivity contribution < 1.29 is 4.79 Å². The molecule has 1 aliphatic heterocycles. The highest BCUT2D eigenvalue weighted by atomic mass is 16.2. The molecule has 4 heteroatoms. The fourth-order valence-electron chi connectivity index (χ4n) is 2.34. The lowest BCUT2D eigenvalue weighted by Crippen LogP contribution is -2.42. The third kappa shape index (κ3) is 2.57. The molecule has 1 fully saturated rings. The average molecular weight is 249 g/mol. The number of carbonyl (C=O) groups is 1. The SMILES string of the molecule is Cc1nn(CC(C)C)c(C)c1CC(=O)N1CCC1. The maximum atomic E-state index is 12.0. The van der Waals surface area contributed by atoms with E-state index in [9.17, 15) is 4.79 Å². The van der Waals surface area contributed by atoms with Crippen LogP contribution in [0.25, 0.3) is 0 Å². The molecule has 0 spiro atoms. The Labute approximate surface area is 109 Å². The van der Waals surface area contributed by atoms with Gasteiger partial charge in [0.25, 0.3) is 0 Å². The fourth-order valence-corrected chi connectivity index (χ4v) is 2.34. The topological polar surface area (TPSA) is 38.1 Å². The van der Waals surface area contributed by atoms with Crippen molar-refractivity contribution in [3.05, 3.63) is 17.0 Å². The van der Waals surface area contributed by atoms with Gasteiger partial charge in [0.1, 0.15) is 0 Å². The number of hydrogen-bond acceptors (Lipinski definition) is 2. The molecule has 0 aliphatic carbocycles. The van der Waals surface area contributed by atoms with E-state index in [2.05, 4.69) is 25.9 Å². The zero-order chi connectivity index (χ0) is 13.3. The van der Waals surface area contributed by atoms with E-state index >= 15 is 0 Å². The van der Waals surface area contributed by atoms with Crippen LogP contribution in [0.1, 0.15) is 37.2 Å². The molecule has 0 bridgehead atoms. The first-order chi connectivity index (χ1) is 8.49. The Morgan fingerprint density at radius 3 is 2.50 bits per heavy atom. The highest BCUT2D eigenvalue weighted by Crippen LogP contribution is 2.17. The van der Waals surface area contributed by atoms with Gasteiger partial charge in [-0.1, -0.05) is 13.8 Å². The summed E-state index contributed by atoms with van der Waals surface area (Å²) in [4.78, 5) is 13.9. The fraction of sp³-hybridized carbons (Fsp3) is 0.714.